The zero-order valence-electron chi connectivity index (χ0n) is 12.2. The maximum atomic E-state index is 8.52. The molecule has 0 bridgehead atoms. The van der Waals surface area contributed by atoms with E-state index in [1.807, 2.05) is 0 Å². The van der Waals surface area contributed by atoms with Gasteiger partial charge in [-0.2, -0.15) is 0 Å². The van der Waals surface area contributed by atoms with Crippen LogP contribution in [0.1, 0.15) is 19.3 Å². The molecular formula is C11H26MnN4O4S. The van der Waals surface area contributed by atoms with Gasteiger partial charge in [-0.3, -0.25) is 8.42 Å². The van der Waals surface area contributed by atoms with Gasteiger partial charge in [0.05, 0.1) is 0 Å². The summed E-state index contributed by atoms with van der Waals surface area (Å²) >= 11 is 0. The Morgan fingerprint density at radius 1 is 0.571 bits per heavy atom. The Morgan fingerprint density at radius 3 is 1.00 bits per heavy atom. The van der Waals surface area contributed by atoms with Crippen molar-refractivity contribution < 1.29 is 34.6 Å². The van der Waals surface area contributed by atoms with E-state index < -0.39 is 10.4 Å². The van der Waals surface area contributed by atoms with Gasteiger partial charge >= 0.3 is 17.1 Å². The fourth-order valence-corrected chi connectivity index (χ4v) is 1.69. The standard InChI is InChI=1S/C11H26N4.Mn.H2O4S/c1-4-12-6-2-8-14-10-11-15-9-3-7-13-5-1;;1-5(2,3)4/h12-15H,1-11H2;;(H2,1,2,3,4)/q;+2;/p-2. The Bertz CT molecular complexity index is 240. The molecule has 0 aromatic heterocycles. The summed E-state index contributed by atoms with van der Waals surface area (Å²) in [6, 6.07) is 0. The van der Waals surface area contributed by atoms with Crippen LogP contribution in [0.5, 0.6) is 0 Å². The zero-order valence-corrected chi connectivity index (χ0v) is 14.2. The van der Waals surface area contributed by atoms with Crippen molar-refractivity contribution in [3.8, 4) is 0 Å². The Labute approximate surface area is 138 Å². The van der Waals surface area contributed by atoms with E-state index in [0.717, 1.165) is 52.4 Å². The Kier molecular flexibility index (Phi) is 18.6. The van der Waals surface area contributed by atoms with Crippen molar-refractivity contribution in [3.05, 3.63) is 0 Å². The second-order valence-corrected chi connectivity index (χ2v) is 5.29. The summed E-state index contributed by atoms with van der Waals surface area (Å²) < 4.78 is 34.1. The van der Waals surface area contributed by atoms with Gasteiger partial charge < -0.3 is 30.4 Å². The third kappa shape index (κ3) is 29.0. The number of nitrogens with one attached hydrogen (secondary N) is 4. The molecule has 1 fully saturated rings. The Balaban J connectivity index is 0. The summed E-state index contributed by atoms with van der Waals surface area (Å²) in [4.78, 5) is 0. The molecule has 0 aliphatic carbocycles. The molecule has 127 valence electrons. The summed E-state index contributed by atoms with van der Waals surface area (Å²) in [5, 5.41) is 13.8. The Hall–Kier alpha value is 0.229. The van der Waals surface area contributed by atoms with Crippen molar-refractivity contribution >= 4 is 10.4 Å². The van der Waals surface area contributed by atoms with E-state index >= 15 is 0 Å². The molecule has 1 aliphatic heterocycles. The molecule has 21 heavy (non-hydrogen) atoms. The van der Waals surface area contributed by atoms with Crippen LogP contribution in [0.2, 0.25) is 0 Å². The van der Waals surface area contributed by atoms with Crippen molar-refractivity contribution in [1.29, 1.82) is 0 Å². The van der Waals surface area contributed by atoms with Gasteiger partial charge in [-0.05, 0) is 58.5 Å². The van der Waals surface area contributed by atoms with Crippen LogP contribution in [0.4, 0.5) is 0 Å². The topological polar surface area (TPSA) is 128 Å². The van der Waals surface area contributed by atoms with Gasteiger partial charge in [-0.1, -0.05) is 0 Å². The third-order valence-electron chi connectivity index (χ3n) is 2.60. The molecule has 0 spiro atoms. The van der Waals surface area contributed by atoms with Gasteiger partial charge in [0.2, 0.25) is 0 Å². The van der Waals surface area contributed by atoms with Gasteiger partial charge in [-0.25, -0.2) is 0 Å². The molecule has 8 nitrogen and oxygen atoms in total. The van der Waals surface area contributed by atoms with Crippen LogP contribution < -0.4 is 21.3 Å². The fraction of sp³-hybridized carbons (Fsp3) is 1.00. The van der Waals surface area contributed by atoms with Crippen LogP contribution in [-0.2, 0) is 27.5 Å². The number of rotatable bonds is 0. The molecule has 1 heterocycles. The molecule has 4 N–H and O–H groups in total. The van der Waals surface area contributed by atoms with Gasteiger partial charge in [0, 0.05) is 23.5 Å². The fourth-order valence-electron chi connectivity index (χ4n) is 1.69. The van der Waals surface area contributed by atoms with Crippen molar-refractivity contribution in [2.24, 2.45) is 0 Å². The summed E-state index contributed by atoms with van der Waals surface area (Å²) in [6.45, 7) is 9.01. The van der Waals surface area contributed by atoms with Crippen LogP contribution in [-0.4, -0.2) is 69.9 Å². The summed E-state index contributed by atoms with van der Waals surface area (Å²) in [5.74, 6) is 0. The van der Waals surface area contributed by atoms with Crippen LogP contribution in [0.15, 0.2) is 0 Å². The maximum Gasteiger partial charge on any atom is 2.00 e. The number of hydrogen-bond donors (Lipinski definition) is 4. The van der Waals surface area contributed by atoms with E-state index in [2.05, 4.69) is 21.3 Å². The molecule has 0 aromatic carbocycles. The van der Waals surface area contributed by atoms with Gasteiger partial charge in [0.1, 0.15) is 0 Å². The first-order valence-electron chi connectivity index (χ1n) is 7.00. The van der Waals surface area contributed by atoms with Crippen LogP contribution >= 0.6 is 0 Å². The quantitative estimate of drug-likeness (QED) is 0.225. The molecule has 0 atom stereocenters. The Morgan fingerprint density at radius 2 is 0.762 bits per heavy atom. The zero-order chi connectivity index (χ0) is 15.1. The predicted octanol–water partition coefficient (Wildman–Crippen LogP) is -1.81. The van der Waals surface area contributed by atoms with E-state index in [9.17, 15) is 0 Å². The van der Waals surface area contributed by atoms with Gasteiger partial charge in [0.15, 0.2) is 0 Å². The molecule has 1 aliphatic rings. The maximum absolute atomic E-state index is 8.52. The van der Waals surface area contributed by atoms with E-state index in [1.54, 1.807) is 0 Å². The minimum absolute atomic E-state index is 0. The first-order chi connectivity index (χ1) is 9.50. The normalized spacial score (nSPS) is 19.9. The second kappa shape index (κ2) is 16.6. The first-order valence-corrected chi connectivity index (χ1v) is 8.33. The minimum Gasteiger partial charge on any atom is -0.759 e. The van der Waals surface area contributed by atoms with Gasteiger partial charge in [-0.15, -0.1) is 0 Å². The SMILES string of the molecule is C1CNCCCNCCNCCCNC1.O=S(=O)([O-])[O-].[Mn+2]. The van der Waals surface area contributed by atoms with Crippen molar-refractivity contribution in [3.63, 3.8) is 0 Å². The average molecular weight is 365 g/mol. The summed E-state index contributed by atoms with van der Waals surface area (Å²) in [7, 11) is -5.17. The largest absolute Gasteiger partial charge is 2.00 e. The van der Waals surface area contributed by atoms with E-state index in [0.29, 0.717) is 0 Å². The second-order valence-electron chi connectivity index (χ2n) is 4.47. The van der Waals surface area contributed by atoms with Crippen LogP contribution in [0.25, 0.3) is 0 Å². The monoisotopic (exact) mass is 365 g/mol. The molecule has 0 aromatic rings. The molecular weight excluding hydrogens is 339 g/mol. The molecule has 0 unspecified atom stereocenters. The minimum atomic E-state index is -5.17. The molecule has 1 radical (unpaired) electrons. The third-order valence-corrected chi connectivity index (χ3v) is 2.60. The van der Waals surface area contributed by atoms with E-state index in [1.165, 1.54) is 19.3 Å². The van der Waals surface area contributed by atoms with Gasteiger partial charge in [0.25, 0.3) is 0 Å². The van der Waals surface area contributed by atoms with E-state index in [4.69, 9.17) is 17.5 Å². The molecule has 10 heteroatoms. The molecule has 0 saturated carbocycles. The first kappa shape index (κ1) is 23.5. The van der Waals surface area contributed by atoms with Crippen LogP contribution in [0, 0.1) is 0 Å². The molecule has 1 saturated heterocycles. The predicted molar refractivity (Wildman–Crippen MR) is 75.8 cm³/mol. The number of hydrogen-bond acceptors (Lipinski definition) is 8. The summed E-state index contributed by atoms with van der Waals surface area (Å²) in [6.07, 6.45) is 3.70. The van der Waals surface area contributed by atoms with Crippen LogP contribution in [0.3, 0.4) is 0 Å². The molecule has 0 amide bonds. The molecule has 1 rings (SSSR count). The van der Waals surface area contributed by atoms with Crippen molar-refractivity contribution in [2.45, 2.75) is 19.3 Å². The average Bonchev–Trinajstić information content (AvgIpc) is 2.35. The smallest absolute Gasteiger partial charge is 0.759 e. The van der Waals surface area contributed by atoms with Crippen molar-refractivity contribution in [2.75, 3.05) is 52.4 Å². The summed E-state index contributed by atoms with van der Waals surface area (Å²) in [5.41, 5.74) is 0. The van der Waals surface area contributed by atoms with E-state index in [-0.39, 0.29) is 17.1 Å². The van der Waals surface area contributed by atoms with Crippen molar-refractivity contribution in [1.82, 2.24) is 21.3 Å².